The van der Waals surface area contributed by atoms with E-state index in [0.29, 0.717) is 19.5 Å². The van der Waals surface area contributed by atoms with Gasteiger partial charge in [-0.1, -0.05) is 12.1 Å². The van der Waals surface area contributed by atoms with Gasteiger partial charge in [-0.2, -0.15) is 12.7 Å². The van der Waals surface area contributed by atoms with Gasteiger partial charge in [-0.15, -0.1) is 0 Å². The zero-order valence-corrected chi connectivity index (χ0v) is 14.1. The molecule has 7 nitrogen and oxygen atoms in total. The lowest BCUT2D eigenvalue weighted by Crippen LogP contribution is -2.52. The molecule has 1 heterocycles. The highest BCUT2D eigenvalue weighted by atomic mass is 32.2. The van der Waals surface area contributed by atoms with E-state index in [-0.39, 0.29) is 19.0 Å². The number of aryl methyl sites for hydroxylation is 1. The number of piperazine rings is 1. The Hall–Kier alpha value is -1.64. The van der Waals surface area contributed by atoms with Gasteiger partial charge in [0.1, 0.15) is 5.75 Å². The molecule has 1 saturated heterocycles. The number of nitrogens with two attached hydrogens (primary N) is 1. The van der Waals surface area contributed by atoms with Crippen molar-refractivity contribution in [3.05, 3.63) is 29.8 Å². The number of amides is 1. The Labute approximate surface area is 137 Å². The summed E-state index contributed by atoms with van der Waals surface area (Å²) in [6.45, 7) is 1.34. The Morgan fingerprint density at radius 1 is 1.17 bits per heavy atom. The molecule has 0 aliphatic carbocycles. The molecule has 23 heavy (non-hydrogen) atoms. The Morgan fingerprint density at radius 2 is 1.78 bits per heavy atom. The van der Waals surface area contributed by atoms with Gasteiger partial charge in [-0.3, -0.25) is 4.79 Å². The molecular weight excluding hydrogens is 318 g/mol. The third-order valence-electron chi connectivity index (χ3n) is 3.97. The third-order valence-corrected chi connectivity index (χ3v) is 5.05. The number of carbonyl (C=O) groups excluding carboxylic acids is 1. The van der Waals surface area contributed by atoms with Crippen molar-refractivity contribution in [2.24, 2.45) is 5.14 Å². The SMILES string of the molecule is COc1ccc(CCCC(=O)N2CCN(S(N)(=O)=O)CC2)cc1. The standard InChI is InChI=1S/C15H23N3O4S/c1-22-14-7-5-13(6-8-14)3-2-4-15(19)17-9-11-18(12-10-17)23(16,20)21/h5-8H,2-4,9-12H2,1H3,(H2,16,20,21). The Morgan fingerprint density at radius 3 is 2.30 bits per heavy atom. The maximum absolute atomic E-state index is 12.2. The number of carbonyl (C=O) groups is 1. The minimum Gasteiger partial charge on any atom is -0.497 e. The summed E-state index contributed by atoms with van der Waals surface area (Å²) in [6, 6.07) is 7.80. The van der Waals surface area contributed by atoms with Crippen LogP contribution in [0.3, 0.4) is 0 Å². The number of hydrogen-bond acceptors (Lipinski definition) is 4. The first-order chi connectivity index (χ1) is 10.9. The van der Waals surface area contributed by atoms with E-state index in [1.54, 1.807) is 12.0 Å². The summed E-state index contributed by atoms with van der Waals surface area (Å²) < 4.78 is 28.8. The molecule has 0 aromatic heterocycles. The fraction of sp³-hybridized carbons (Fsp3) is 0.533. The number of hydrogen-bond donors (Lipinski definition) is 1. The average Bonchev–Trinajstić information content (AvgIpc) is 2.54. The summed E-state index contributed by atoms with van der Waals surface area (Å²) in [7, 11) is -2.02. The predicted molar refractivity (Wildman–Crippen MR) is 87.2 cm³/mol. The van der Waals surface area contributed by atoms with Gasteiger partial charge >= 0.3 is 0 Å². The van der Waals surface area contributed by atoms with Gasteiger partial charge in [0, 0.05) is 32.6 Å². The van der Waals surface area contributed by atoms with E-state index < -0.39 is 10.2 Å². The number of nitrogens with zero attached hydrogens (tertiary/aromatic N) is 2. The van der Waals surface area contributed by atoms with Gasteiger partial charge in [0.15, 0.2) is 0 Å². The van der Waals surface area contributed by atoms with Crippen LogP contribution in [0.25, 0.3) is 0 Å². The van der Waals surface area contributed by atoms with E-state index in [4.69, 9.17) is 9.88 Å². The smallest absolute Gasteiger partial charge is 0.277 e. The zero-order chi connectivity index (χ0) is 16.9. The minimum absolute atomic E-state index is 0.0626. The van der Waals surface area contributed by atoms with Gasteiger partial charge in [0.05, 0.1) is 7.11 Å². The van der Waals surface area contributed by atoms with Crippen molar-refractivity contribution < 1.29 is 17.9 Å². The molecule has 128 valence electrons. The molecule has 1 amide bonds. The van der Waals surface area contributed by atoms with E-state index in [1.807, 2.05) is 24.3 Å². The number of ether oxygens (including phenoxy) is 1. The third kappa shape index (κ3) is 5.19. The molecule has 0 atom stereocenters. The maximum Gasteiger partial charge on any atom is 0.277 e. The van der Waals surface area contributed by atoms with Crippen LogP contribution in [-0.4, -0.2) is 56.8 Å². The monoisotopic (exact) mass is 341 g/mol. The van der Waals surface area contributed by atoms with E-state index in [0.717, 1.165) is 24.2 Å². The molecule has 2 rings (SSSR count). The van der Waals surface area contributed by atoms with Crippen molar-refractivity contribution in [1.82, 2.24) is 9.21 Å². The van der Waals surface area contributed by atoms with Crippen LogP contribution in [0, 0.1) is 0 Å². The number of benzene rings is 1. The summed E-state index contributed by atoms with van der Waals surface area (Å²) in [4.78, 5) is 13.9. The largest absolute Gasteiger partial charge is 0.497 e. The molecule has 1 aromatic rings. The molecule has 1 aromatic carbocycles. The van der Waals surface area contributed by atoms with Crippen molar-refractivity contribution in [3.8, 4) is 5.75 Å². The van der Waals surface area contributed by atoms with Crippen molar-refractivity contribution in [2.75, 3.05) is 33.3 Å². The van der Waals surface area contributed by atoms with Crippen LogP contribution in [-0.2, 0) is 21.4 Å². The Balaban J connectivity index is 1.73. The summed E-state index contributed by atoms with van der Waals surface area (Å²) in [5, 5.41) is 5.08. The van der Waals surface area contributed by atoms with Crippen LogP contribution in [0.15, 0.2) is 24.3 Å². The van der Waals surface area contributed by atoms with E-state index >= 15 is 0 Å². The normalized spacial score (nSPS) is 16.3. The Bertz CT molecular complexity index is 623. The topological polar surface area (TPSA) is 92.9 Å². The van der Waals surface area contributed by atoms with Crippen molar-refractivity contribution >= 4 is 16.1 Å². The zero-order valence-electron chi connectivity index (χ0n) is 13.3. The van der Waals surface area contributed by atoms with Gasteiger partial charge in [0.25, 0.3) is 10.2 Å². The quantitative estimate of drug-likeness (QED) is 0.809. The molecule has 0 radical (unpaired) electrons. The molecule has 1 aliphatic rings. The molecule has 0 bridgehead atoms. The van der Waals surface area contributed by atoms with Gasteiger partial charge < -0.3 is 9.64 Å². The van der Waals surface area contributed by atoms with Crippen LogP contribution < -0.4 is 9.88 Å². The fourth-order valence-corrected chi connectivity index (χ4v) is 3.26. The lowest BCUT2D eigenvalue weighted by molar-refractivity contribution is -0.132. The highest BCUT2D eigenvalue weighted by Crippen LogP contribution is 2.14. The molecule has 1 fully saturated rings. The second kappa shape index (κ2) is 7.76. The summed E-state index contributed by atoms with van der Waals surface area (Å²) in [5.74, 6) is 0.880. The Kier molecular flexibility index (Phi) is 5.97. The molecule has 0 unspecified atom stereocenters. The van der Waals surface area contributed by atoms with Crippen LogP contribution in [0.1, 0.15) is 18.4 Å². The summed E-state index contributed by atoms with van der Waals surface area (Å²) >= 11 is 0. The second-order valence-corrected chi connectivity index (χ2v) is 7.07. The first-order valence-electron chi connectivity index (χ1n) is 7.59. The van der Waals surface area contributed by atoms with Gasteiger partial charge in [0.2, 0.25) is 5.91 Å². The molecular formula is C15H23N3O4S. The molecule has 0 spiro atoms. The second-order valence-electron chi connectivity index (χ2n) is 5.53. The van der Waals surface area contributed by atoms with E-state index in [2.05, 4.69) is 0 Å². The molecule has 0 saturated carbocycles. The lowest BCUT2D eigenvalue weighted by atomic mass is 10.1. The summed E-state index contributed by atoms with van der Waals surface area (Å²) in [6.07, 6.45) is 2.05. The average molecular weight is 341 g/mol. The predicted octanol–water partition coefficient (Wildman–Crippen LogP) is 0.366. The van der Waals surface area contributed by atoms with E-state index in [9.17, 15) is 13.2 Å². The summed E-state index contributed by atoms with van der Waals surface area (Å²) in [5.41, 5.74) is 1.16. The van der Waals surface area contributed by atoms with Gasteiger partial charge in [-0.25, -0.2) is 5.14 Å². The van der Waals surface area contributed by atoms with E-state index in [1.165, 1.54) is 4.31 Å². The highest BCUT2D eigenvalue weighted by Gasteiger charge is 2.25. The molecule has 2 N–H and O–H groups in total. The highest BCUT2D eigenvalue weighted by molar-refractivity contribution is 7.86. The number of rotatable bonds is 6. The fourth-order valence-electron chi connectivity index (χ4n) is 2.59. The van der Waals surface area contributed by atoms with Crippen LogP contribution in [0.2, 0.25) is 0 Å². The minimum atomic E-state index is -3.65. The van der Waals surface area contributed by atoms with Crippen molar-refractivity contribution in [3.63, 3.8) is 0 Å². The first-order valence-corrected chi connectivity index (χ1v) is 9.09. The first kappa shape index (κ1) is 17.7. The lowest BCUT2D eigenvalue weighted by Gasteiger charge is -2.33. The van der Waals surface area contributed by atoms with Crippen LogP contribution in [0.4, 0.5) is 0 Å². The van der Waals surface area contributed by atoms with Crippen LogP contribution >= 0.6 is 0 Å². The van der Waals surface area contributed by atoms with Crippen molar-refractivity contribution in [2.45, 2.75) is 19.3 Å². The van der Waals surface area contributed by atoms with Crippen LogP contribution in [0.5, 0.6) is 5.75 Å². The molecule has 8 heteroatoms. The maximum atomic E-state index is 12.2. The molecule has 1 aliphatic heterocycles. The van der Waals surface area contributed by atoms with Crippen molar-refractivity contribution in [1.29, 1.82) is 0 Å². The van der Waals surface area contributed by atoms with Gasteiger partial charge in [-0.05, 0) is 30.5 Å². The number of methoxy groups -OCH3 is 1.